The normalized spacial score (nSPS) is 21.0. The van der Waals surface area contributed by atoms with Crippen LogP contribution in [0.15, 0.2) is 42.6 Å². The number of hydrogen-bond acceptors (Lipinski definition) is 5. The van der Waals surface area contributed by atoms with Gasteiger partial charge in [-0.15, -0.1) is 0 Å². The number of carbonyl (C=O) groups excluding carboxylic acids is 1. The maximum atomic E-state index is 12.9. The third-order valence-corrected chi connectivity index (χ3v) is 6.01. The van der Waals surface area contributed by atoms with Crippen molar-refractivity contribution in [2.24, 2.45) is 0 Å². The van der Waals surface area contributed by atoms with Crippen molar-refractivity contribution >= 4 is 17.4 Å². The average Bonchev–Trinajstić information content (AvgIpc) is 3.21. The molecule has 1 amide bonds. The summed E-state index contributed by atoms with van der Waals surface area (Å²) >= 11 is 0. The standard InChI is InChI=1S/C22H25N3O3/c26-21(24-12-9-22(10-13-24)27-14-15-28-22)18-7-8-20(23-16-18)25-11-3-5-17-4-1-2-6-19(17)25/h1-2,4,6-8,16H,3,5,9-15H2. The van der Waals surface area contributed by atoms with Gasteiger partial charge in [0.1, 0.15) is 5.82 Å². The van der Waals surface area contributed by atoms with Crippen LogP contribution in [-0.2, 0) is 15.9 Å². The van der Waals surface area contributed by atoms with E-state index in [1.807, 2.05) is 17.0 Å². The Morgan fingerprint density at radius 2 is 1.79 bits per heavy atom. The first-order valence-corrected chi connectivity index (χ1v) is 10.1. The SMILES string of the molecule is O=C(c1ccc(N2CCCc3ccccc32)nc1)N1CCC2(CC1)OCCO2. The number of carbonyl (C=O) groups is 1. The number of benzene rings is 1. The van der Waals surface area contributed by atoms with Crippen molar-refractivity contribution in [1.82, 2.24) is 9.88 Å². The number of likely N-dealkylation sites (tertiary alicyclic amines) is 1. The van der Waals surface area contributed by atoms with Crippen LogP contribution in [0, 0.1) is 0 Å². The third kappa shape index (κ3) is 3.16. The number of nitrogens with zero attached hydrogens (tertiary/aromatic N) is 3. The van der Waals surface area contributed by atoms with E-state index in [1.54, 1.807) is 6.20 Å². The van der Waals surface area contributed by atoms with E-state index in [1.165, 1.54) is 11.3 Å². The van der Waals surface area contributed by atoms with Gasteiger partial charge in [0, 0.05) is 44.4 Å². The average molecular weight is 379 g/mol. The number of aromatic nitrogens is 1. The summed E-state index contributed by atoms with van der Waals surface area (Å²) in [6, 6.07) is 12.3. The molecule has 4 heterocycles. The van der Waals surface area contributed by atoms with Crippen LogP contribution in [-0.4, -0.2) is 54.4 Å². The van der Waals surface area contributed by atoms with E-state index in [2.05, 4.69) is 34.1 Å². The molecular weight excluding hydrogens is 354 g/mol. The van der Waals surface area contributed by atoms with Crippen LogP contribution in [0.1, 0.15) is 35.2 Å². The third-order valence-electron chi connectivity index (χ3n) is 6.01. The molecule has 1 aromatic carbocycles. The smallest absolute Gasteiger partial charge is 0.255 e. The molecule has 146 valence electrons. The van der Waals surface area contributed by atoms with E-state index >= 15 is 0 Å². The van der Waals surface area contributed by atoms with E-state index in [9.17, 15) is 4.79 Å². The largest absolute Gasteiger partial charge is 0.347 e. The molecule has 0 bridgehead atoms. The predicted molar refractivity (Wildman–Crippen MR) is 106 cm³/mol. The van der Waals surface area contributed by atoms with Crippen LogP contribution in [0.25, 0.3) is 0 Å². The Balaban J connectivity index is 1.29. The van der Waals surface area contributed by atoms with Gasteiger partial charge in [-0.05, 0) is 36.6 Å². The van der Waals surface area contributed by atoms with Crippen LogP contribution < -0.4 is 4.90 Å². The molecular formula is C22H25N3O3. The monoisotopic (exact) mass is 379 g/mol. The number of rotatable bonds is 2. The molecule has 0 aliphatic carbocycles. The number of hydrogen-bond donors (Lipinski definition) is 0. The molecule has 1 aromatic heterocycles. The summed E-state index contributed by atoms with van der Waals surface area (Å²) < 4.78 is 11.5. The van der Waals surface area contributed by atoms with E-state index in [0.29, 0.717) is 31.9 Å². The topological polar surface area (TPSA) is 54.9 Å². The van der Waals surface area contributed by atoms with Crippen LogP contribution in [0.3, 0.4) is 0 Å². The Labute approximate surface area is 165 Å². The highest BCUT2D eigenvalue weighted by atomic mass is 16.7. The van der Waals surface area contributed by atoms with E-state index in [0.717, 1.165) is 38.0 Å². The first kappa shape index (κ1) is 17.6. The molecule has 0 N–H and O–H groups in total. The molecule has 3 aliphatic rings. The fraction of sp³-hybridized carbons (Fsp3) is 0.455. The lowest BCUT2D eigenvalue weighted by Gasteiger charge is -2.37. The van der Waals surface area contributed by atoms with Crippen LogP contribution >= 0.6 is 0 Å². The second-order valence-corrected chi connectivity index (χ2v) is 7.69. The van der Waals surface area contributed by atoms with Crippen LogP contribution in [0.2, 0.25) is 0 Å². The summed E-state index contributed by atoms with van der Waals surface area (Å²) in [4.78, 5) is 21.6. The lowest BCUT2D eigenvalue weighted by atomic mass is 10.0. The van der Waals surface area contributed by atoms with Gasteiger partial charge in [0.05, 0.1) is 18.8 Å². The van der Waals surface area contributed by atoms with E-state index < -0.39 is 5.79 Å². The predicted octanol–water partition coefficient (Wildman–Crippen LogP) is 3.15. The minimum Gasteiger partial charge on any atom is -0.347 e. The highest BCUT2D eigenvalue weighted by Crippen LogP contribution is 2.33. The molecule has 2 aromatic rings. The fourth-order valence-electron chi connectivity index (χ4n) is 4.46. The fourth-order valence-corrected chi connectivity index (χ4v) is 4.46. The first-order chi connectivity index (χ1) is 13.7. The van der Waals surface area contributed by atoms with Gasteiger partial charge in [0.15, 0.2) is 5.79 Å². The number of anilines is 2. The van der Waals surface area contributed by atoms with Crippen molar-refractivity contribution in [3.05, 3.63) is 53.7 Å². The van der Waals surface area contributed by atoms with Gasteiger partial charge in [-0.2, -0.15) is 0 Å². The molecule has 28 heavy (non-hydrogen) atoms. The van der Waals surface area contributed by atoms with Crippen molar-refractivity contribution in [2.45, 2.75) is 31.5 Å². The quantitative estimate of drug-likeness (QED) is 0.802. The number of ether oxygens (including phenoxy) is 2. The Bertz CT molecular complexity index is 852. The van der Waals surface area contributed by atoms with Crippen molar-refractivity contribution in [1.29, 1.82) is 0 Å². The molecule has 2 fully saturated rings. The zero-order valence-electron chi connectivity index (χ0n) is 16.0. The van der Waals surface area contributed by atoms with Crippen molar-refractivity contribution in [3.63, 3.8) is 0 Å². The maximum absolute atomic E-state index is 12.9. The van der Waals surface area contributed by atoms with Crippen LogP contribution in [0.4, 0.5) is 11.5 Å². The summed E-state index contributed by atoms with van der Waals surface area (Å²) in [5.41, 5.74) is 3.21. The molecule has 0 atom stereocenters. The number of fused-ring (bicyclic) bond motifs is 1. The molecule has 6 nitrogen and oxygen atoms in total. The second-order valence-electron chi connectivity index (χ2n) is 7.69. The Hall–Kier alpha value is -2.44. The van der Waals surface area contributed by atoms with Gasteiger partial charge in [-0.1, -0.05) is 18.2 Å². The van der Waals surface area contributed by atoms with Gasteiger partial charge in [0.2, 0.25) is 0 Å². The molecule has 0 radical (unpaired) electrons. The number of pyridine rings is 1. The molecule has 0 unspecified atom stereocenters. The highest BCUT2D eigenvalue weighted by Gasteiger charge is 2.40. The van der Waals surface area contributed by atoms with E-state index in [4.69, 9.17) is 9.47 Å². The lowest BCUT2D eigenvalue weighted by Crippen LogP contribution is -2.47. The van der Waals surface area contributed by atoms with Crippen molar-refractivity contribution < 1.29 is 14.3 Å². The van der Waals surface area contributed by atoms with Crippen molar-refractivity contribution in [3.8, 4) is 0 Å². The molecule has 2 saturated heterocycles. The van der Waals surface area contributed by atoms with Gasteiger partial charge < -0.3 is 19.3 Å². The number of para-hydroxylation sites is 1. The summed E-state index contributed by atoms with van der Waals surface area (Å²) in [6.07, 6.45) is 5.39. The van der Waals surface area contributed by atoms with Gasteiger partial charge in [-0.3, -0.25) is 4.79 Å². The minimum atomic E-state index is -0.458. The molecule has 1 spiro atoms. The number of amides is 1. The molecule has 5 rings (SSSR count). The van der Waals surface area contributed by atoms with Gasteiger partial charge in [0.25, 0.3) is 5.91 Å². The highest BCUT2D eigenvalue weighted by molar-refractivity contribution is 5.94. The zero-order chi connectivity index (χ0) is 19.0. The van der Waals surface area contributed by atoms with Crippen LogP contribution in [0.5, 0.6) is 0 Å². The summed E-state index contributed by atoms with van der Waals surface area (Å²) in [5.74, 6) is 0.473. The Kier molecular flexibility index (Phi) is 4.53. The van der Waals surface area contributed by atoms with E-state index in [-0.39, 0.29) is 5.91 Å². The summed E-state index contributed by atoms with van der Waals surface area (Å²) in [6.45, 7) is 3.56. The van der Waals surface area contributed by atoms with Gasteiger partial charge in [-0.25, -0.2) is 4.98 Å². The Morgan fingerprint density at radius 3 is 2.54 bits per heavy atom. The van der Waals surface area contributed by atoms with Crippen molar-refractivity contribution in [2.75, 3.05) is 37.7 Å². The molecule has 6 heteroatoms. The first-order valence-electron chi connectivity index (χ1n) is 10.1. The zero-order valence-corrected chi connectivity index (χ0v) is 16.0. The number of piperidine rings is 1. The maximum Gasteiger partial charge on any atom is 0.255 e. The second kappa shape index (κ2) is 7.18. The molecule has 3 aliphatic heterocycles. The minimum absolute atomic E-state index is 0.0333. The summed E-state index contributed by atoms with van der Waals surface area (Å²) in [5, 5.41) is 0. The Morgan fingerprint density at radius 1 is 1.00 bits per heavy atom. The van der Waals surface area contributed by atoms with Gasteiger partial charge >= 0.3 is 0 Å². The lowest BCUT2D eigenvalue weighted by molar-refractivity contribution is -0.181. The summed E-state index contributed by atoms with van der Waals surface area (Å²) in [7, 11) is 0. The number of aryl methyl sites for hydroxylation is 1. The molecule has 0 saturated carbocycles.